The smallest absolute Gasteiger partial charge is 0.244 e. The topological polar surface area (TPSA) is 49.4 Å². The van der Waals surface area contributed by atoms with Gasteiger partial charge in [0.25, 0.3) is 0 Å². The first-order valence-electron chi connectivity index (χ1n) is 11.1. The van der Waals surface area contributed by atoms with Gasteiger partial charge < -0.3 is 10.2 Å². The summed E-state index contributed by atoms with van der Waals surface area (Å²) in [5.74, 6) is -0.237. The van der Waals surface area contributed by atoms with Crippen LogP contribution < -0.4 is 10.2 Å². The number of hydrogen-bond donors (Lipinski definition) is 1. The van der Waals surface area contributed by atoms with E-state index in [1.165, 1.54) is 5.56 Å². The average Bonchev–Trinajstić information content (AvgIpc) is 2.96. The molecule has 3 aromatic carbocycles. The van der Waals surface area contributed by atoms with Gasteiger partial charge in [-0.25, -0.2) is 0 Å². The summed E-state index contributed by atoms with van der Waals surface area (Å²) in [7, 11) is 0. The molecule has 0 saturated carbocycles. The average molecular weight is 445 g/mol. The minimum absolute atomic E-state index is 0.00446. The highest BCUT2D eigenvalue weighted by Gasteiger charge is 2.30. The van der Waals surface area contributed by atoms with Crippen molar-refractivity contribution in [1.82, 2.24) is 0 Å². The lowest BCUT2D eigenvalue weighted by Gasteiger charge is -2.22. The van der Waals surface area contributed by atoms with Crippen LogP contribution in [0.1, 0.15) is 42.6 Å². The van der Waals surface area contributed by atoms with Gasteiger partial charge in [-0.15, -0.1) is 11.8 Å². The van der Waals surface area contributed by atoms with Crippen LogP contribution in [0.4, 0.5) is 11.4 Å². The molecule has 0 radical (unpaired) electrons. The molecule has 2 amide bonds. The maximum Gasteiger partial charge on any atom is 0.244 e. The molecule has 1 unspecified atom stereocenters. The quantitative estimate of drug-likeness (QED) is 0.469. The van der Waals surface area contributed by atoms with Crippen molar-refractivity contribution in [3.8, 4) is 0 Å². The van der Waals surface area contributed by atoms with Gasteiger partial charge >= 0.3 is 0 Å². The molecule has 1 atom stereocenters. The minimum Gasteiger partial charge on any atom is -0.325 e. The number of anilines is 2. The van der Waals surface area contributed by atoms with Crippen molar-refractivity contribution in [3.63, 3.8) is 0 Å². The Morgan fingerprint density at radius 1 is 1.00 bits per heavy atom. The first kappa shape index (κ1) is 22.2. The van der Waals surface area contributed by atoms with Gasteiger partial charge in [0.15, 0.2) is 0 Å². The highest BCUT2D eigenvalue weighted by molar-refractivity contribution is 7.99. The summed E-state index contributed by atoms with van der Waals surface area (Å²) in [6.45, 7) is 2.17. The third kappa shape index (κ3) is 5.40. The second kappa shape index (κ2) is 10.5. The van der Waals surface area contributed by atoms with E-state index in [2.05, 4.69) is 36.5 Å². The van der Waals surface area contributed by atoms with Gasteiger partial charge in [-0.2, -0.15) is 0 Å². The maximum atomic E-state index is 13.2. The zero-order valence-corrected chi connectivity index (χ0v) is 19.1. The van der Waals surface area contributed by atoms with Crippen LogP contribution in [0.2, 0.25) is 0 Å². The maximum absolute atomic E-state index is 13.2. The molecule has 32 heavy (non-hydrogen) atoms. The zero-order chi connectivity index (χ0) is 22.3. The number of carbonyl (C=O) groups excluding carboxylic acids is 2. The number of fused-ring (bicyclic) bond motifs is 1. The Morgan fingerprint density at radius 2 is 1.72 bits per heavy atom. The Balaban J connectivity index is 1.49. The normalized spacial score (nSPS) is 15.7. The van der Waals surface area contributed by atoms with Crippen molar-refractivity contribution in [2.24, 2.45) is 0 Å². The zero-order valence-electron chi connectivity index (χ0n) is 18.3. The first-order valence-corrected chi connectivity index (χ1v) is 12.0. The second-order valence-electron chi connectivity index (χ2n) is 8.02. The molecule has 3 aromatic rings. The van der Waals surface area contributed by atoms with Crippen molar-refractivity contribution >= 4 is 35.0 Å². The summed E-state index contributed by atoms with van der Waals surface area (Å²) in [5.41, 5.74) is 3.94. The molecule has 4 rings (SSSR count). The van der Waals surface area contributed by atoms with Gasteiger partial charge in [0.2, 0.25) is 11.8 Å². The lowest BCUT2D eigenvalue weighted by molar-refractivity contribution is -0.121. The van der Waals surface area contributed by atoms with Gasteiger partial charge in [-0.05, 0) is 48.2 Å². The molecule has 1 aliphatic rings. The van der Waals surface area contributed by atoms with Gasteiger partial charge in [-0.1, -0.05) is 67.9 Å². The SMILES string of the molecule is CCCCc1ccc(NC(=O)CN2C(=O)CC(c3ccccc3)Sc3ccccc32)cc1. The number of para-hydroxylation sites is 1. The number of benzene rings is 3. The Bertz CT molecular complexity index is 1070. The summed E-state index contributed by atoms with van der Waals surface area (Å²) < 4.78 is 0. The van der Waals surface area contributed by atoms with Gasteiger partial charge in [-0.3, -0.25) is 9.59 Å². The Labute approximate surface area is 194 Å². The van der Waals surface area contributed by atoms with Crippen LogP contribution in [-0.4, -0.2) is 18.4 Å². The second-order valence-corrected chi connectivity index (χ2v) is 9.26. The summed E-state index contributed by atoms with van der Waals surface area (Å²) in [6.07, 6.45) is 3.71. The molecular weight excluding hydrogens is 416 g/mol. The van der Waals surface area contributed by atoms with Crippen molar-refractivity contribution in [3.05, 3.63) is 90.0 Å². The van der Waals surface area contributed by atoms with E-state index in [1.807, 2.05) is 54.6 Å². The van der Waals surface area contributed by atoms with Crippen LogP contribution in [0.15, 0.2) is 83.8 Å². The van der Waals surface area contributed by atoms with Crippen LogP contribution in [0.25, 0.3) is 0 Å². The van der Waals surface area contributed by atoms with E-state index in [0.717, 1.165) is 41.1 Å². The third-order valence-corrected chi connectivity index (χ3v) is 6.94. The van der Waals surface area contributed by atoms with Crippen molar-refractivity contribution < 1.29 is 9.59 Å². The van der Waals surface area contributed by atoms with E-state index in [0.29, 0.717) is 6.42 Å². The van der Waals surface area contributed by atoms with Gasteiger partial charge in [0.05, 0.1) is 5.69 Å². The molecule has 1 aliphatic heterocycles. The molecule has 1 heterocycles. The molecule has 0 bridgehead atoms. The number of nitrogens with zero attached hydrogens (tertiary/aromatic N) is 1. The summed E-state index contributed by atoms with van der Waals surface area (Å²) in [4.78, 5) is 28.7. The molecule has 5 heteroatoms. The number of rotatable bonds is 7. The Morgan fingerprint density at radius 3 is 2.47 bits per heavy atom. The molecule has 164 valence electrons. The minimum atomic E-state index is -0.197. The van der Waals surface area contributed by atoms with Gasteiger partial charge in [0.1, 0.15) is 6.54 Å². The first-order chi connectivity index (χ1) is 15.6. The van der Waals surface area contributed by atoms with Crippen molar-refractivity contribution in [2.75, 3.05) is 16.8 Å². The molecule has 0 saturated heterocycles. The van der Waals surface area contributed by atoms with Crippen molar-refractivity contribution in [1.29, 1.82) is 0 Å². The predicted octanol–water partition coefficient (Wildman–Crippen LogP) is 6.24. The highest BCUT2D eigenvalue weighted by atomic mass is 32.2. The van der Waals surface area contributed by atoms with E-state index in [4.69, 9.17) is 0 Å². The molecule has 1 N–H and O–H groups in total. The fourth-order valence-corrected chi connectivity index (χ4v) is 5.17. The van der Waals surface area contributed by atoms with Crippen LogP contribution in [-0.2, 0) is 16.0 Å². The van der Waals surface area contributed by atoms with Crippen LogP contribution >= 0.6 is 11.8 Å². The fourth-order valence-electron chi connectivity index (χ4n) is 3.88. The van der Waals surface area contributed by atoms with Crippen LogP contribution in [0, 0.1) is 0 Å². The third-order valence-electron chi connectivity index (χ3n) is 5.62. The predicted molar refractivity (Wildman–Crippen MR) is 132 cm³/mol. The molecule has 0 aliphatic carbocycles. The summed E-state index contributed by atoms with van der Waals surface area (Å²) in [5, 5.41) is 2.97. The lowest BCUT2D eigenvalue weighted by atomic mass is 10.1. The van der Waals surface area contributed by atoms with E-state index in [9.17, 15) is 9.59 Å². The molecule has 0 spiro atoms. The molecule has 4 nitrogen and oxygen atoms in total. The number of carbonyl (C=O) groups is 2. The fraction of sp³-hybridized carbons (Fsp3) is 0.259. The van der Waals surface area contributed by atoms with Gasteiger partial charge in [0, 0.05) is 22.3 Å². The van der Waals surface area contributed by atoms with E-state index >= 15 is 0 Å². The number of unbranched alkanes of at least 4 members (excludes halogenated alkanes) is 1. The van der Waals surface area contributed by atoms with E-state index < -0.39 is 0 Å². The molecule has 0 fully saturated rings. The standard InChI is InChI=1S/C27H28N2O2S/c1-2-3-9-20-14-16-22(17-15-20)28-26(30)19-29-23-12-7-8-13-24(23)32-25(18-27(29)31)21-10-5-4-6-11-21/h4-8,10-17,25H,2-3,9,18-19H2,1H3,(H,28,30). The Hall–Kier alpha value is -3.05. The summed E-state index contributed by atoms with van der Waals surface area (Å²) in [6, 6.07) is 25.9. The van der Waals surface area contributed by atoms with Crippen LogP contribution in [0.3, 0.4) is 0 Å². The lowest BCUT2D eigenvalue weighted by Crippen LogP contribution is -2.38. The number of aryl methyl sites for hydroxylation is 1. The van der Waals surface area contributed by atoms with E-state index in [1.54, 1.807) is 16.7 Å². The monoisotopic (exact) mass is 444 g/mol. The number of nitrogens with one attached hydrogen (secondary N) is 1. The van der Waals surface area contributed by atoms with Crippen molar-refractivity contribution in [2.45, 2.75) is 42.8 Å². The highest BCUT2D eigenvalue weighted by Crippen LogP contribution is 2.45. The van der Waals surface area contributed by atoms with E-state index in [-0.39, 0.29) is 23.6 Å². The number of thioether (sulfide) groups is 1. The molecule has 0 aromatic heterocycles. The number of amides is 2. The van der Waals surface area contributed by atoms with Crippen LogP contribution in [0.5, 0.6) is 0 Å². The number of hydrogen-bond acceptors (Lipinski definition) is 3. The summed E-state index contributed by atoms with van der Waals surface area (Å²) >= 11 is 1.68. The largest absolute Gasteiger partial charge is 0.325 e. The molecular formula is C27H28N2O2S. The Kier molecular flexibility index (Phi) is 7.28.